The van der Waals surface area contributed by atoms with Crippen molar-refractivity contribution in [2.75, 3.05) is 5.32 Å². The van der Waals surface area contributed by atoms with Crippen molar-refractivity contribution in [1.29, 1.82) is 0 Å². The Morgan fingerprint density at radius 2 is 2.39 bits per heavy atom. The number of aryl methyl sites for hydroxylation is 1. The molecule has 0 saturated heterocycles. The van der Waals surface area contributed by atoms with Crippen LogP contribution in [0.3, 0.4) is 0 Å². The number of nitrogens with one attached hydrogen (secondary N) is 1. The van der Waals surface area contributed by atoms with Gasteiger partial charge in [-0.25, -0.2) is 4.98 Å². The number of carbonyl (C=O) groups excluding carboxylic acids is 1. The second-order valence-corrected chi connectivity index (χ2v) is 5.73. The van der Waals surface area contributed by atoms with Crippen LogP contribution in [0.1, 0.15) is 10.7 Å². The molecule has 0 fully saturated rings. The van der Waals surface area contributed by atoms with Gasteiger partial charge in [-0.05, 0) is 6.92 Å². The third kappa shape index (κ3) is 2.24. The molecular weight excluding hydrogens is 270 g/mol. The Bertz CT molecular complexity index is 669. The number of thiazole rings is 1. The fourth-order valence-corrected chi connectivity index (χ4v) is 2.86. The summed E-state index contributed by atoms with van der Waals surface area (Å²) in [6, 6.07) is 0. The highest BCUT2D eigenvalue weighted by Gasteiger charge is 2.10. The number of aromatic nitrogens is 4. The number of fused-ring (bicyclic) bond motifs is 1. The highest BCUT2D eigenvalue weighted by Crippen LogP contribution is 2.15. The van der Waals surface area contributed by atoms with Gasteiger partial charge in [-0.3, -0.25) is 9.20 Å². The van der Waals surface area contributed by atoms with Gasteiger partial charge in [-0.2, -0.15) is 0 Å². The Hall–Kier alpha value is -1.80. The van der Waals surface area contributed by atoms with Crippen LogP contribution >= 0.6 is 22.7 Å². The molecule has 1 amide bonds. The summed E-state index contributed by atoms with van der Waals surface area (Å²) in [5.74, 6) is -0.128. The Morgan fingerprint density at radius 3 is 3.11 bits per heavy atom. The summed E-state index contributed by atoms with van der Waals surface area (Å²) < 4.78 is 1.91. The summed E-state index contributed by atoms with van der Waals surface area (Å²) in [6.45, 7) is 1.84. The minimum absolute atomic E-state index is 0.128. The molecule has 0 spiro atoms. The number of rotatable bonds is 3. The van der Waals surface area contributed by atoms with Crippen molar-refractivity contribution in [3.05, 3.63) is 28.5 Å². The average Bonchev–Trinajstić information content (AvgIpc) is 2.94. The first-order valence-electron chi connectivity index (χ1n) is 5.22. The van der Waals surface area contributed by atoms with Crippen molar-refractivity contribution in [3.63, 3.8) is 0 Å². The van der Waals surface area contributed by atoms with Crippen molar-refractivity contribution >= 4 is 38.7 Å². The number of hydrogen-bond acceptors (Lipinski definition) is 6. The molecule has 18 heavy (non-hydrogen) atoms. The second-order valence-electron chi connectivity index (χ2n) is 3.68. The quantitative estimate of drug-likeness (QED) is 0.792. The molecule has 3 aromatic heterocycles. The lowest BCUT2D eigenvalue weighted by Crippen LogP contribution is -2.14. The van der Waals surface area contributed by atoms with E-state index in [4.69, 9.17) is 0 Å². The average molecular weight is 279 g/mol. The number of amides is 1. The van der Waals surface area contributed by atoms with E-state index in [1.54, 1.807) is 11.3 Å². The van der Waals surface area contributed by atoms with E-state index in [0.717, 1.165) is 15.7 Å². The lowest BCUT2D eigenvalue weighted by Gasteiger charge is -1.97. The van der Waals surface area contributed by atoms with Crippen LogP contribution in [0.2, 0.25) is 0 Å². The third-order valence-corrected chi connectivity index (χ3v) is 3.78. The third-order valence-electron chi connectivity index (χ3n) is 2.26. The van der Waals surface area contributed by atoms with Crippen LogP contribution in [0, 0.1) is 6.92 Å². The molecule has 6 nitrogen and oxygen atoms in total. The van der Waals surface area contributed by atoms with Gasteiger partial charge in [0.1, 0.15) is 5.01 Å². The largest absolute Gasteiger partial charge is 0.300 e. The molecule has 92 valence electrons. The minimum Gasteiger partial charge on any atom is -0.300 e. The van der Waals surface area contributed by atoms with Crippen molar-refractivity contribution in [1.82, 2.24) is 19.6 Å². The molecule has 3 aromatic rings. The lowest BCUT2D eigenvalue weighted by molar-refractivity contribution is -0.115. The normalized spacial score (nSPS) is 10.9. The molecule has 0 radical (unpaired) electrons. The van der Waals surface area contributed by atoms with Crippen LogP contribution in [-0.4, -0.2) is 25.5 Å². The Labute approximate surface area is 110 Å². The predicted molar refractivity (Wildman–Crippen MR) is 70.0 cm³/mol. The van der Waals surface area contributed by atoms with E-state index < -0.39 is 0 Å². The molecule has 0 saturated carbocycles. The number of hydrogen-bond donors (Lipinski definition) is 1. The summed E-state index contributed by atoms with van der Waals surface area (Å²) in [4.78, 5) is 17.0. The van der Waals surface area contributed by atoms with E-state index >= 15 is 0 Å². The zero-order valence-corrected chi connectivity index (χ0v) is 11.1. The first kappa shape index (κ1) is 11.3. The first-order valence-corrected chi connectivity index (χ1v) is 6.91. The molecule has 3 heterocycles. The fourth-order valence-electron chi connectivity index (χ4n) is 1.54. The predicted octanol–water partition coefficient (Wildman–Crippen LogP) is 1.74. The molecule has 1 N–H and O–H groups in total. The van der Waals surface area contributed by atoms with Crippen LogP contribution in [0.15, 0.2) is 17.8 Å². The molecular formula is C10H9N5OS2. The standard InChI is InChI=1S/C10H9N5OS2/c1-6-13-14-9(18-6)12-8(16)4-7-5-15-2-3-17-10(15)11-7/h2-3,5H,4H2,1H3,(H,12,14,16). The summed E-state index contributed by atoms with van der Waals surface area (Å²) >= 11 is 2.90. The lowest BCUT2D eigenvalue weighted by atomic mass is 10.3. The maximum absolute atomic E-state index is 11.8. The van der Waals surface area contributed by atoms with E-state index in [-0.39, 0.29) is 12.3 Å². The van der Waals surface area contributed by atoms with Crippen molar-refractivity contribution in [3.8, 4) is 0 Å². The van der Waals surface area contributed by atoms with Crippen molar-refractivity contribution in [2.45, 2.75) is 13.3 Å². The van der Waals surface area contributed by atoms with Gasteiger partial charge < -0.3 is 5.32 Å². The van der Waals surface area contributed by atoms with Crippen LogP contribution in [-0.2, 0) is 11.2 Å². The van der Waals surface area contributed by atoms with Gasteiger partial charge in [0, 0.05) is 17.8 Å². The zero-order valence-electron chi connectivity index (χ0n) is 9.45. The summed E-state index contributed by atoms with van der Waals surface area (Å²) in [6.07, 6.45) is 4.02. The Morgan fingerprint density at radius 1 is 1.50 bits per heavy atom. The molecule has 0 atom stereocenters. The second kappa shape index (κ2) is 4.46. The molecule has 0 aliphatic rings. The Kier molecular flexibility index (Phi) is 2.80. The maximum atomic E-state index is 11.8. The van der Waals surface area contributed by atoms with Crippen LogP contribution < -0.4 is 5.32 Å². The monoisotopic (exact) mass is 279 g/mol. The number of imidazole rings is 1. The molecule has 0 aromatic carbocycles. The molecule has 0 aliphatic heterocycles. The summed E-state index contributed by atoms with van der Waals surface area (Å²) in [7, 11) is 0. The van der Waals surface area contributed by atoms with Crippen molar-refractivity contribution < 1.29 is 4.79 Å². The van der Waals surface area contributed by atoms with Gasteiger partial charge in [0.25, 0.3) is 0 Å². The highest BCUT2D eigenvalue weighted by molar-refractivity contribution is 7.15. The van der Waals surface area contributed by atoms with E-state index in [0.29, 0.717) is 5.13 Å². The molecule has 8 heteroatoms. The minimum atomic E-state index is -0.128. The highest BCUT2D eigenvalue weighted by atomic mass is 32.1. The van der Waals surface area contributed by atoms with E-state index in [9.17, 15) is 4.79 Å². The summed E-state index contributed by atoms with van der Waals surface area (Å²) in [5.41, 5.74) is 0.751. The number of carbonyl (C=O) groups is 1. The van der Waals surface area contributed by atoms with Gasteiger partial charge in [0.2, 0.25) is 11.0 Å². The smallest absolute Gasteiger partial charge is 0.232 e. The van der Waals surface area contributed by atoms with Gasteiger partial charge in [-0.15, -0.1) is 21.5 Å². The Balaban J connectivity index is 1.69. The van der Waals surface area contributed by atoms with Crippen LogP contribution in [0.5, 0.6) is 0 Å². The van der Waals surface area contributed by atoms with E-state index in [1.165, 1.54) is 11.3 Å². The van der Waals surface area contributed by atoms with Gasteiger partial charge >= 0.3 is 0 Å². The van der Waals surface area contributed by atoms with Crippen LogP contribution in [0.4, 0.5) is 5.13 Å². The zero-order chi connectivity index (χ0) is 12.5. The molecule has 0 unspecified atom stereocenters. The van der Waals surface area contributed by atoms with E-state index in [2.05, 4.69) is 20.5 Å². The summed E-state index contributed by atoms with van der Waals surface area (Å²) in [5, 5.41) is 13.7. The van der Waals surface area contributed by atoms with Gasteiger partial charge in [0.05, 0.1) is 12.1 Å². The SMILES string of the molecule is Cc1nnc(NC(=O)Cc2cn3ccsc3n2)s1. The van der Waals surface area contributed by atoms with Crippen LogP contribution in [0.25, 0.3) is 4.96 Å². The molecule has 3 rings (SSSR count). The van der Waals surface area contributed by atoms with Gasteiger partial charge in [0.15, 0.2) is 4.96 Å². The number of nitrogens with zero attached hydrogens (tertiary/aromatic N) is 4. The van der Waals surface area contributed by atoms with E-state index in [1.807, 2.05) is 29.1 Å². The first-order chi connectivity index (χ1) is 8.70. The number of anilines is 1. The fraction of sp³-hybridized carbons (Fsp3) is 0.200. The van der Waals surface area contributed by atoms with Gasteiger partial charge in [-0.1, -0.05) is 11.3 Å². The molecule has 0 bridgehead atoms. The maximum Gasteiger partial charge on any atom is 0.232 e. The van der Waals surface area contributed by atoms with Crippen molar-refractivity contribution in [2.24, 2.45) is 0 Å². The molecule has 0 aliphatic carbocycles. The topological polar surface area (TPSA) is 72.2 Å².